The predicted molar refractivity (Wildman–Crippen MR) is 112 cm³/mol. The van der Waals surface area contributed by atoms with Crippen molar-refractivity contribution in [3.05, 3.63) is 58.9 Å². The van der Waals surface area contributed by atoms with Crippen LogP contribution in [0.3, 0.4) is 0 Å². The van der Waals surface area contributed by atoms with Gasteiger partial charge >= 0.3 is 0 Å². The number of aryl methyl sites for hydroxylation is 1. The molecule has 0 aliphatic carbocycles. The summed E-state index contributed by atoms with van der Waals surface area (Å²) in [7, 11) is 5.63. The van der Waals surface area contributed by atoms with Gasteiger partial charge in [-0.25, -0.2) is 4.98 Å². The van der Waals surface area contributed by atoms with Gasteiger partial charge in [-0.15, -0.1) is 11.3 Å². The Hall–Kier alpha value is -2.86. The second-order valence-corrected chi connectivity index (χ2v) is 7.29. The van der Waals surface area contributed by atoms with Gasteiger partial charge in [0.25, 0.3) is 0 Å². The quantitative estimate of drug-likeness (QED) is 0.657. The minimum atomic E-state index is -0.00574. The number of aromatic nitrogens is 1. The van der Waals surface area contributed by atoms with Gasteiger partial charge in [-0.05, 0) is 48.5 Å². The van der Waals surface area contributed by atoms with E-state index < -0.39 is 0 Å². The van der Waals surface area contributed by atoms with Crippen molar-refractivity contribution in [1.82, 2.24) is 4.98 Å². The highest BCUT2D eigenvalue weighted by molar-refractivity contribution is 7.09. The van der Waals surface area contributed by atoms with Crippen molar-refractivity contribution in [2.75, 3.05) is 31.4 Å². The van der Waals surface area contributed by atoms with Crippen LogP contribution in [0, 0.1) is 0 Å². The van der Waals surface area contributed by atoms with Gasteiger partial charge in [-0.3, -0.25) is 4.79 Å². The molecule has 5 nitrogen and oxygen atoms in total. The van der Waals surface area contributed by atoms with Crippen molar-refractivity contribution in [3.8, 4) is 17.0 Å². The van der Waals surface area contributed by atoms with Crippen LogP contribution in [0.25, 0.3) is 11.3 Å². The summed E-state index contributed by atoms with van der Waals surface area (Å²) < 4.78 is 5.18. The van der Waals surface area contributed by atoms with Crippen LogP contribution in [0.4, 0.5) is 11.4 Å². The van der Waals surface area contributed by atoms with Crippen molar-refractivity contribution in [2.24, 2.45) is 0 Å². The highest BCUT2D eigenvalue weighted by Gasteiger charge is 2.08. The number of hydrogen-bond acceptors (Lipinski definition) is 5. The number of hydrogen-bond donors (Lipinski definition) is 1. The molecule has 0 saturated heterocycles. The van der Waals surface area contributed by atoms with Crippen LogP contribution in [-0.4, -0.2) is 32.1 Å². The third kappa shape index (κ3) is 5.08. The predicted octanol–water partition coefficient (Wildman–Crippen LogP) is 4.46. The first-order chi connectivity index (χ1) is 13.0. The second-order valence-electron chi connectivity index (χ2n) is 6.34. The molecule has 1 aromatic heterocycles. The maximum Gasteiger partial charge on any atom is 0.224 e. The van der Waals surface area contributed by atoms with Gasteiger partial charge in [0.1, 0.15) is 5.75 Å². The SMILES string of the molecule is COc1ccc(-c2csc(CCC(=O)Nc3ccc(N(C)C)cc3)n2)cc1. The summed E-state index contributed by atoms with van der Waals surface area (Å²) in [6, 6.07) is 15.6. The van der Waals surface area contributed by atoms with Gasteiger partial charge in [-0.1, -0.05) is 0 Å². The third-order valence-corrected chi connectivity index (χ3v) is 5.08. The van der Waals surface area contributed by atoms with E-state index in [1.165, 1.54) is 0 Å². The Balaban J connectivity index is 1.53. The fraction of sp³-hybridized carbons (Fsp3) is 0.238. The van der Waals surface area contributed by atoms with E-state index in [1.54, 1.807) is 18.4 Å². The topological polar surface area (TPSA) is 54.5 Å². The number of carbonyl (C=O) groups is 1. The Morgan fingerprint density at radius 1 is 1.11 bits per heavy atom. The molecular formula is C21H23N3O2S. The largest absolute Gasteiger partial charge is 0.497 e. The van der Waals surface area contributed by atoms with E-state index in [2.05, 4.69) is 10.3 Å². The number of anilines is 2. The molecule has 0 saturated carbocycles. The lowest BCUT2D eigenvalue weighted by Crippen LogP contribution is -2.13. The first-order valence-electron chi connectivity index (χ1n) is 8.71. The summed E-state index contributed by atoms with van der Waals surface area (Å²) in [5, 5.41) is 5.92. The number of nitrogens with zero attached hydrogens (tertiary/aromatic N) is 2. The molecule has 1 amide bonds. The van der Waals surface area contributed by atoms with E-state index in [0.717, 1.165) is 33.4 Å². The van der Waals surface area contributed by atoms with Gasteiger partial charge in [0.15, 0.2) is 0 Å². The Bertz CT molecular complexity index is 887. The van der Waals surface area contributed by atoms with Crippen molar-refractivity contribution < 1.29 is 9.53 Å². The molecule has 2 aromatic carbocycles. The standard InChI is InChI=1S/C21H23N3O2S/c1-24(2)17-8-6-16(7-9-17)22-20(25)12-13-21-23-19(14-27-21)15-4-10-18(26-3)11-5-15/h4-11,14H,12-13H2,1-3H3,(H,22,25). The van der Waals surface area contributed by atoms with Crippen molar-refractivity contribution in [1.29, 1.82) is 0 Å². The Kier molecular flexibility index (Phi) is 6.08. The van der Waals surface area contributed by atoms with Crippen LogP contribution in [-0.2, 0) is 11.2 Å². The maximum absolute atomic E-state index is 12.2. The number of carbonyl (C=O) groups excluding carboxylic acids is 1. The third-order valence-electron chi connectivity index (χ3n) is 4.17. The summed E-state index contributed by atoms with van der Waals surface area (Å²) in [5.41, 5.74) is 3.88. The molecule has 6 heteroatoms. The molecule has 0 fully saturated rings. The molecule has 0 radical (unpaired) electrons. The van der Waals surface area contributed by atoms with E-state index in [0.29, 0.717) is 12.8 Å². The van der Waals surface area contributed by atoms with Gasteiger partial charge in [-0.2, -0.15) is 0 Å². The normalized spacial score (nSPS) is 10.5. The molecule has 0 bridgehead atoms. The van der Waals surface area contributed by atoms with E-state index in [1.807, 2.05) is 72.9 Å². The molecule has 1 N–H and O–H groups in total. The van der Waals surface area contributed by atoms with Gasteiger partial charge in [0.05, 0.1) is 17.8 Å². The first-order valence-corrected chi connectivity index (χ1v) is 9.59. The van der Waals surface area contributed by atoms with Crippen molar-refractivity contribution >= 4 is 28.6 Å². The highest BCUT2D eigenvalue weighted by Crippen LogP contribution is 2.25. The Morgan fingerprint density at radius 2 is 1.81 bits per heavy atom. The molecule has 0 aliphatic rings. The van der Waals surface area contributed by atoms with E-state index in [9.17, 15) is 4.79 Å². The van der Waals surface area contributed by atoms with E-state index >= 15 is 0 Å². The van der Waals surface area contributed by atoms with Crippen LogP contribution in [0.15, 0.2) is 53.9 Å². The lowest BCUT2D eigenvalue weighted by atomic mass is 10.2. The summed E-state index contributed by atoms with van der Waals surface area (Å²) in [6.07, 6.45) is 1.04. The minimum Gasteiger partial charge on any atom is -0.497 e. The summed E-state index contributed by atoms with van der Waals surface area (Å²) in [5.74, 6) is 0.818. The average molecular weight is 382 g/mol. The van der Waals surface area contributed by atoms with Crippen LogP contribution < -0.4 is 15.0 Å². The zero-order valence-corrected chi connectivity index (χ0v) is 16.5. The molecule has 0 spiro atoms. The molecule has 1 heterocycles. The summed E-state index contributed by atoms with van der Waals surface area (Å²) in [6.45, 7) is 0. The number of benzene rings is 2. The number of thiazole rings is 1. The van der Waals surface area contributed by atoms with Crippen LogP contribution in [0.1, 0.15) is 11.4 Å². The van der Waals surface area contributed by atoms with Gasteiger partial charge in [0.2, 0.25) is 5.91 Å². The number of nitrogens with one attached hydrogen (secondary N) is 1. The smallest absolute Gasteiger partial charge is 0.224 e. The molecular weight excluding hydrogens is 358 g/mol. The number of ether oxygens (including phenoxy) is 1. The summed E-state index contributed by atoms with van der Waals surface area (Å²) >= 11 is 1.58. The van der Waals surface area contributed by atoms with Crippen LogP contribution in [0.2, 0.25) is 0 Å². The molecule has 0 atom stereocenters. The Morgan fingerprint density at radius 3 is 2.44 bits per heavy atom. The zero-order chi connectivity index (χ0) is 19.2. The van der Waals surface area contributed by atoms with Crippen LogP contribution >= 0.6 is 11.3 Å². The molecule has 0 unspecified atom stereocenters. The molecule has 0 aliphatic heterocycles. The van der Waals surface area contributed by atoms with E-state index in [-0.39, 0.29) is 5.91 Å². The lowest BCUT2D eigenvalue weighted by molar-refractivity contribution is -0.116. The van der Waals surface area contributed by atoms with Crippen molar-refractivity contribution in [3.63, 3.8) is 0 Å². The van der Waals surface area contributed by atoms with E-state index in [4.69, 9.17) is 4.74 Å². The Labute approximate surface area is 163 Å². The van der Waals surface area contributed by atoms with Gasteiger partial charge < -0.3 is 15.0 Å². The summed E-state index contributed by atoms with van der Waals surface area (Å²) in [4.78, 5) is 18.9. The fourth-order valence-corrected chi connectivity index (χ4v) is 3.41. The maximum atomic E-state index is 12.2. The molecule has 3 rings (SSSR count). The zero-order valence-electron chi connectivity index (χ0n) is 15.7. The molecule has 3 aromatic rings. The minimum absolute atomic E-state index is 0.00574. The molecule has 27 heavy (non-hydrogen) atoms. The average Bonchev–Trinajstić information content (AvgIpc) is 3.16. The monoisotopic (exact) mass is 381 g/mol. The second kappa shape index (κ2) is 8.68. The highest BCUT2D eigenvalue weighted by atomic mass is 32.1. The van der Waals surface area contributed by atoms with Crippen LogP contribution in [0.5, 0.6) is 5.75 Å². The van der Waals surface area contributed by atoms with Crippen molar-refractivity contribution in [2.45, 2.75) is 12.8 Å². The number of methoxy groups -OCH3 is 1. The number of rotatable bonds is 7. The first kappa shape index (κ1) is 18.9. The molecule has 140 valence electrons. The van der Waals surface area contributed by atoms with Gasteiger partial charge in [0, 0.05) is 49.3 Å². The lowest BCUT2D eigenvalue weighted by Gasteiger charge is -2.13. The number of amides is 1. The fourth-order valence-electron chi connectivity index (χ4n) is 2.61.